The van der Waals surface area contributed by atoms with Gasteiger partial charge in [-0.25, -0.2) is 14.8 Å². The number of amides is 2. The van der Waals surface area contributed by atoms with Crippen molar-refractivity contribution >= 4 is 39.9 Å². The van der Waals surface area contributed by atoms with Gasteiger partial charge in [-0.2, -0.15) is 13.5 Å². The molecule has 1 atom stereocenters. The van der Waals surface area contributed by atoms with Crippen LogP contribution in [-0.2, 0) is 26.1 Å². The van der Waals surface area contributed by atoms with E-state index in [1.807, 2.05) is 54.6 Å². The van der Waals surface area contributed by atoms with Crippen LogP contribution in [0.15, 0.2) is 150 Å². The van der Waals surface area contributed by atoms with Crippen molar-refractivity contribution in [2.45, 2.75) is 55.9 Å². The van der Waals surface area contributed by atoms with E-state index < -0.39 is 22.1 Å². The van der Waals surface area contributed by atoms with Gasteiger partial charge in [0.15, 0.2) is 0 Å². The molecule has 0 saturated heterocycles. The normalized spacial score (nSPS) is 11.7. The molecule has 336 valence electrons. The number of nitrogens with zero attached hydrogens (tertiary/aromatic N) is 3. The van der Waals surface area contributed by atoms with E-state index in [1.54, 1.807) is 36.4 Å². The first-order valence-corrected chi connectivity index (χ1v) is 22.6. The molecule has 0 spiro atoms. The van der Waals surface area contributed by atoms with Crippen molar-refractivity contribution in [3.05, 3.63) is 156 Å². The van der Waals surface area contributed by atoms with Crippen LogP contribution >= 0.6 is 0 Å². The van der Waals surface area contributed by atoms with Crippen LogP contribution < -0.4 is 25.5 Å². The summed E-state index contributed by atoms with van der Waals surface area (Å²) in [4.78, 5) is 45.9. The van der Waals surface area contributed by atoms with Gasteiger partial charge >= 0.3 is 5.97 Å². The predicted molar refractivity (Wildman–Crippen MR) is 248 cm³/mol. The summed E-state index contributed by atoms with van der Waals surface area (Å²) in [5.41, 5.74) is 7.81. The van der Waals surface area contributed by atoms with Gasteiger partial charge in [0.1, 0.15) is 22.5 Å². The van der Waals surface area contributed by atoms with Crippen LogP contribution in [0.1, 0.15) is 60.0 Å². The molecule has 15 nitrogen and oxygen atoms in total. The number of carboxylic acids is 1. The number of unbranched alkanes of at least 4 members (excludes halogenated alkanes) is 3. The number of hydrazone groups is 1. The highest BCUT2D eigenvalue weighted by Crippen LogP contribution is 2.29. The van der Waals surface area contributed by atoms with E-state index in [4.69, 9.17) is 14.5 Å². The van der Waals surface area contributed by atoms with Crippen LogP contribution in [0.3, 0.4) is 0 Å². The molecule has 0 saturated carbocycles. The second kappa shape index (κ2) is 23.9. The third kappa shape index (κ3) is 15.1. The van der Waals surface area contributed by atoms with Crippen molar-refractivity contribution in [3.8, 4) is 34.0 Å². The average Bonchev–Trinajstić information content (AvgIpc) is 3.32. The minimum Gasteiger partial charge on any atom is -0.494 e. The number of hydrogen-bond donors (Lipinski definition) is 5. The van der Waals surface area contributed by atoms with Crippen molar-refractivity contribution in [1.82, 2.24) is 20.6 Å². The fraction of sp³-hybridized carbons (Fsp3) is 0.224. The van der Waals surface area contributed by atoms with E-state index in [0.717, 1.165) is 47.2 Å². The lowest BCUT2D eigenvalue weighted by molar-refractivity contribution is -0.141. The Balaban J connectivity index is 0.843. The molecule has 0 radical (unpaired) electrons. The number of nitrogens with one attached hydrogen (secondary N) is 3. The van der Waals surface area contributed by atoms with Gasteiger partial charge in [-0.3, -0.25) is 19.6 Å². The number of ether oxygens (including phenoxy) is 2. The molecule has 0 aliphatic carbocycles. The number of carbonyl (C=O) groups excluding carboxylic acids is 2. The van der Waals surface area contributed by atoms with Gasteiger partial charge in [0.05, 0.1) is 30.7 Å². The van der Waals surface area contributed by atoms with Crippen molar-refractivity contribution in [1.29, 1.82) is 0 Å². The first kappa shape index (κ1) is 47.1. The number of anilines is 1. The van der Waals surface area contributed by atoms with E-state index in [1.165, 1.54) is 36.7 Å². The molecule has 0 aliphatic rings. The monoisotopic (exact) mass is 898 g/mol. The van der Waals surface area contributed by atoms with Crippen LogP contribution in [0.25, 0.3) is 22.4 Å². The molecular weight excluding hydrogens is 849 g/mol. The molecule has 0 bridgehead atoms. The third-order valence-electron chi connectivity index (χ3n) is 10.0. The summed E-state index contributed by atoms with van der Waals surface area (Å²) in [5.74, 6) is -0.327. The number of aliphatic carboxylic acids is 1. The minimum atomic E-state index is -4.41. The van der Waals surface area contributed by atoms with Crippen molar-refractivity contribution < 1.29 is 41.9 Å². The lowest BCUT2D eigenvalue weighted by Gasteiger charge is -2.15. The van der Waals surface area contributed by atoms with Crippen molar-refractivity contribution in [2.75, 3.05) is 25.2 Å². The Labute approximate surface area is 377 Å². The van der Waals surface area contributed by atoms with Gasteiger partial charge in [-0.1, -0.05) is 104 Å². The number of carbonyl (C=O) groups is 3. The van der Waals surface area contributed by atoms with E-state index in [-0.39, 0.29) is 35.1 Å². The Hall–Kier alpha value is -7.43. The maximum Gasteiger partial charge on any atom is 0.326 e. The molecule has 2 amide bonds. The highest BCUT2D eigenvalue weighted by Gasteiger charge is 2.20. The van der Waals surface area contributed by atoms with Crippen LogP contribution in [0.5, 0.6) is 11.6 Å². The van der Waals surface area contributed by atoms with Gasteiger partial charge in [0, 0.05) is 42.8 Å². The lowest BCUT2D eigenvalue weighted by atomic mass is 10.0. The number of benzene rings is 4. The summed E-state index contributed by atoms with van der Waals surface area (Å²) in [7, 11) is -4.41. The quantitative estimate of drug-likeness (QED) is 0.0170. The molecule has 4 aromatic carbocycles. The maximum atomic E-state index is 12.7. The number of pyridine rings is 2. The topological polar surface area (TPSA) is 218 Å². The zero-order valence-electron chi connectivity index (χ0n) is 35.5. The van der Waals surface area contributed by atoms with Gasteiger partial charge in [-0.15, -0.1) is 0 Å². The molecule has 16 heteroatoms. The summed E-state index contributed by atoms with van der Waals surface area (Å²) in [5, 5.41) is 19.2. The Bertz CT molecular complexity index is 2570. The van der Waals surface area contributed by atoms with Gasteiger partial charge < -0.3 is 25.2 Å². The number of carboxylic acid groups (broad SMARTS) is 1. The zero-order chi connectivity index (χ0) is 45.9. The van der Waals surface area contributed by atoms with Gasteiger partial charge in [0.25, 0.3) is 16.0 Å². The summed E-state index contributed by atoms with van der Waals surface area (Å²) in [6.45, 7) is 1.13. The Kier molecular flexibility index (Phi) is 17.3. The highest BCUT2D eigenvalue weighted by atomic mass is 32.2. The highest BCUT2D eigenvalue weighted by molar-refractivity contribution is 7.86. The maximum absolute atomic E-state index is 12.7. The zero-order valence-corrected chi connectivity index (χ0v) is 36.3. The lowest BCUT2D eigenvalue weighted by Crippen LogP contribution is -2.42. The van der Waals surface area contributed by atoms with Gasteiger partial charge in [0.2, 0.25) is 11.8 Å². The molecule has 0 fully saturated rings. The molecule has 6 rings (SSSR count). The number of hydrogen-bond acceptors (Lipinski definition) is 11. The molecule has 2 aromatic heterocycles. The molecular formula is C49H50N6O9S. The van der Waals surface area contributed by atoms with E-state index >= 15 is 0 Å². The van der Waals surface area contributed by atoms with Crippen LogP contribution in [0.2, 0.25) is 0 Å². The first-order valence-electron chi connectivity index (χ1n) is 21.1. The van der Waals surface area contributed by atoms with E-state index in [2.05, 4.69) is 44.3 Å². The van der Waals surface area contributed by atoms with E-state index in [0.29, 0.717) is 55.6 Å². The largest absolute Gasteiger partial charge is 0.494 e. The Morgan fingerprint density at radius 1 is 0.738 bits per heavy atom. The average molecular weight is 899 g/mol. The van der Waals surface area contributed by atoms with Crippen molar-refractivity contribution in [3.63, 3.8) is 0 Å². The SMILES string of the molecule is O=C(CCCCCCOc1cc(-c2ccccc2)cc(-c2ccccc2)n1)NC(Cc1ccc(OCCCNC(=O)c2ccc(N/N=C/c3ccccc3S(=O)(=O)O)nc2)cc1)C(=O)O. The molecule has 5 N–H and O–H groups in total. The van der Waals surface area contributed by atoms with Crippen LogP contribution in [-0.4, -0.2) is 77.8 Å². The van der Waals surface area contributed by atoms with E-state index in [9.17, 15) is 32.5 Å². The van der Waals surface area contributed by atoms with Crippen LogP contribution in [0, 0.1) is 0 Å². The van der Waals surface area contributed by atoms with Gasteiger partial charge in [-0.05, 0) is 72.4 Å². The smallest absolute Gasteiger partial charge is 0.326 e. The molecule has 2 heterocycles. The molecule has 0 aliphatic heterocycles. The first-order chi connectivity index (χ1) is 31.5. The van der Waals surface area contributed by atoms with Crippen LogP contribution in [0.4, 0.5) is 5.82 Å². The third-order valence-corrected chi connectivity index (χ3v) is 10.9. The summed E-state index contributed by atoms with van der Waals surface area (Å²) in [6.07, 6.45) is 6.48. The number of rotatable bonds is 24. The number of aromatic nitrogens is 2. The Morgan fingerprint density at radius 3 is 2.14 bits per heavy atom. The van der Waals surface area contributed by atoms with Crippen molar-refractivity contribution in [2.24, 2.45) is 5.10 Å². The fourth-order valence-corrected chi connectivity index (χ4v) is 7.29. The second-order valence-corrected chi connectivity index (χ2v) is 16.3. The molecule has 65 heavy (non-hydrogen) atoms. The summed E-state index contributed by atoms with van der Waals surface area (Å²) in [6, 6.07) is 38.9. The standard InChI is InChI=1S/C49H50N6O9S/c56-46(20-9-1-2-12-28-64-47-32-40(36-14-5-3-6-15-36)31-42(54-47)37-16-7-4-8-17-37)53-43(49(58)59)30-35-21-24-41(25-22-35)63-29-13-27-50-48(57)39-23-26-45(51-33-39)55-52-34-38-18-10-11-19-44(38)65(60,61)62/h3-8,10-11,14-19,21-26,31-34,43H,1-2,9,12-13,20,27-30H2,(H,50,57)(H,51,55)(H,53,56)(H,58,59)(H,60,61,62)/b52-34+. The summed E-state index contributed by atoms with van der Waals surface area (Å²) < 4.78 is 44.3. The predicted octanol–water partition coefficient (Wildman–Crippen LogP) is 7.84. The minimum absolute atomic E-state index is 0.112. The summed E-state index contributed by atoms with van der Waals surface area (Å²) >= 11 is 0. The molecule has 6 aromatic rings. The molecule has 1 unspecified atom stereocenters. The fourth-order valence-electron chi connectivity index (χ4n) is 6.63. The second-order valence-electron chi connectivity index (χ2n) is 14.9. The Morgan fingerprint density at radius 2 is 1.43 bits per heavy atom.